The van der Waals surface area contributed by atoms with Gasteiger partial charge in [-0.1, -0.05) is 45.0 Å². The molecule has 0 aromatic heterocycles. The van der Waals surface area contributed by atoms with Gasteiger partial charge in [0, 0.05) is 24.8 Å². The Morgan fingerprint density at radius 2 is 1.79 bits per heavy atom. The van der Waals surface area contributed by atoms with Crippen molar-refractivity contribution >= 4 is 23.4 Å². The van der Waals surface area contributed by atoms with Gasteiger partial charge in [-0.15, -0.1) is 0 Å². The van der Waals surface area contributed by atoms with Gasteiger partial charge in [0.05, 0.1) is 5.69 Å². The fraction of sp³-hybridized carbons (Fsp3) is 0.348. The van der Waals surface area contributed by atoms with Crippen LogP contribution in [0.15, 0.2) is 48.2 Å². The van der Waals surface area contributed by atoms with Gasteiger partial charge in [0.1, 0.15) is 0 Å². The summed E-state index contributed by atoms with van der Waals surface area (Å²) < 4.78 is 5.94. The van der Waals surface area contributed by atoms with E-state index in [4.69, 9.17) is 10.5 Å². The molecule has 0 atom stereocenters. The van der Waals surface area contributed by atoms with Gasteiger partial charge in [0.2, 0.25) is 0 Å². The fourth-order valence-corrected chi connectivity index (χ4v) is 3.08. The molecule has 0 saturated heterocycles. The van der Waals surface area contributed by atoms with Crippen molar-refractivity contribution in [2.24, 2.45) is 0 Å². The van der Waals surface area contributed by atoms with Crippen LogP contribution >= 0.6 is 0 Å². The molecule has 3 rings (SSSR count). The van der Waals surface area contributed by atoms with Crippen LogP contribution in [0, 0.1) is 0 Å². The van der Waals surface area contributed by atoms with Crippen LogP contribution in [0.2, 0.25) is 0 Å². The summed E-state index contributed by atoms with van der Waals surface area (Å²) in [6, 6.07) is 13.6. The van der Waals surface area contributed by atoms with E-state index in [9.17, 15) is 4.79 Å². The molecule has 0 spiro atoms. The molecule has 0 aliphatic carbocycles. The van der Waals surface area contributed by atoms with Crippen LogP contribution in [0.5, 0.6) is 5.75 Å². The first-order chi connectivity index (χ1) is 13.1. The van der Waals surface area contributed by atoms with E-state index < -0.39 is 0 Å². The SMILES string of the molecule is CN(C)CCN1C(=O)/C(=C\c2ccc(C(C)(C)C)cc2)Oc2cc(N)ccc21. The van der Waals surface area contributed by atoms with Crippen molar-refractivity contribution < 1.29 is 9.53 Å². The minimum atomic E-state index is -0.140. The van der Waals surface area contributed by atoms with Crippen molar-refractivity contribution in [3.05, 3.63) is 59.4 Å². The van der Waals surface area contributed by atoms with E-state index in [1.807, 2.05) is 37.2 Å². The van der Waals surface area contributed by atoms with E-state index in [-0.39, 0.29) is 11.3 Å². The Morgan fingerprint density at radius 1 is 1.11 bits per heavy atom. The average molecular weight is 380 g/mol. The molecule has 0 radical (unpaired) electrons. The fourth-order valence-electron chi connectivity index (χ4n) is 3.08. The summed E-state index contributed by atoms with van der Waals surface area (Å²) in [5, 5.41) is 0. The molecule has 5 nitrogen and oxygen atoms in total. The molecule has 0 saturated carbocycles. The first-order valence-electron chi connectivity index (χ1n) is 9.51. The highest BCUT2D eigenvalue weighted by molar-refractivity contribution is 6.10. The Morgan fingerprint density at radius 3 is 2.39 bits per heavy atom. The first-order valence-corrected chi connectivity index (χ1v) is 9.51. The third-order valence-electron chi connectivity index (χ3n) is 4.80. The molecule has 1 aliphatic rings. The van der Waals surface area contributed by atoms with Crippen molar-refractivity contribution in [3.63, 3.8) is 0 Å². The van der Waals surface area contributed by atoms with Gasteiger partial charge in [-0.25, -0.2) is 0 Å². The number of hydrogen-bond donors (Lipinski definition) is 1. The minimum Gasteiger partial charge on any atom is -0.449 e. The number of likely N-dealkylation sites (N-methyl/N-ethyl adjacent to an activating group) is 1. The van der Waals surface area contributed by atoms with Gasteiger partial charge in [0.15, 0.2) is 11.5 Å². The van der Waals surface area contributed by atoms with Crippen molar-refractivity contribution in [1.29, 1.82) is 0 Å². The van der Waals surface area contributed by atoms with Gasteiger partial charge in [-0.05, 0) is 48.8 Å². The molecule has 1 aliphatic heterocycles. The highest BCUT2D eigenvalue weighted by Gasteiger charge is 2.30. The topological polar surface area (TPSA) is 58.8 Å². The Labute approximate surface area is 167 Å². The van der Waals surface area contributed by atoms with E-state index in [1.54, 1.807) is 23.1 Å². The van der Waals surface area contributed by atoms with E-state index >= 15 is 0 Å². The number of carbonyl (C=O) groups is 1. The molecule has 1 amide bonds. The normalized spacial score (nSPS) is 15.7. The van der Waals surface area contributed by atoms with Crippen LogP contribution in [-0.2, 0) is 10.2 Å². The van der Waals surface area contributed by atoms with Gasteiger partial charge < -0.3 is 20.3 Å². The smallest absolute Gasteiger partial charge is 0.294 e. The summed E-state index contributed by atoms with van der Waals surface area (Å²) in [4.78, 5) is 16.9. The molecule has 0 fully saturated rings. The predicted octanol–water partition coefficient (Wildman–Crippen LogP) is 3.89. The second-order valence-corrected chi connectivity index (χ2v) is 8.47. The number of nitrogen functional groups attached to an aromatic ring is 1. The summed E-state index contributed by atoms with van der Waals surface area (Å²) in [6.07, 6.45) is 1.80. The highest BCUT2D eigenvalue weighted by atomic mass is 16.5. The van der Waals surface area contributed by atoms with Gasteiger partial charge >= 0.3 is 0 Å². The van der Waals surface area contributed by atoms with Crippen molar-refractivity contribution in [1.82, 2.24) is 4.90 Å². The lowest BCUT2D eigenvalue weighted by molar-refractivity contribution is -0.117. The number of ether oxygens (including phenoxy) is 1. The summed E-state index contributed by atoms with van der Waals surface area (Å²) in [5.74, 6) is 0.773. The molecular weight excluding hydrogens is 350 g/mol. The van der Waals surface area contributed by atoms with Crippen molar-refractivity contribution in [3.8, 4) is 5.75 Å². The monoisotopic (exact) mass is 379 g/mol. The Kier molecular flexibility index (Phi) is 5.47. The van der Waals surface area contributed by atoms with Crippen LogP contribution < -0.4 is 15.4 Å². The maximum Gasteiger partial charge on any atom is 0.294 e. The largest absolute Gasteiger partial charge is 0.449 e. The predicted molar refractivity (Wildman–Crippen MR) is 116 cm³/mol. The zero-order valence-electron chi connectivity index (χ0n) is 17.3. The van der Waals surface area contributed by atoms with Crippen LogP contribution in [0.3, 0.4) is 0 Å². The molecule has 0 bridgehead atoms. The quantitative estimate of drug-likeness (QED) is 0.647. The molecule has 148 valence electrons. The first kappa shape index (κ1) is 20.0. The number of fused-ring (bicyclic) bond motifs is 1. The van der Waals surface area contributed by atoms with Crippen LogP contribution in [0.4, 0.5) is 11.4 Å². The number of amides is 1. The van der Waals surface area contributed by atoms with E-state index in [1.165, 1.54) is 5.56 Å². The zero-order chi connectivity index (χ0) is 20.5. The lowest BCUT2D eigenvalue weighted by atomic mass is 9.87. The third-order valence-corrected chi connectivity index (χ3v) is 4.80. The van der Waals surface area contributed by atoms with Crippen LogP contribution in [-0.4, -0.2) is 38.0 Å². The highest BCUT2D eigenvalue weighted by Crippen LogP contribution is 2.37. The maximum absolute atomic E-state index is 13.1. The minimum absolute atomic E-state index is 0.0856. The van der Waals surface area contributed by atoms with Gasteiger partial charge in [-0.2, -0.15) is 0 Å². The average Bonchev–Trinajstić information content (AvgIpc) is 2.61. The van der Waals surface area contributed by atoms with Crippen molar-refractivity contribution in [2.75, 3.05) is 37.8 Å². The molecular formula is C23H29N3O2. The number of benzene rings is 2. The number of anilines is 2. The van der Waals surface area contributed by atoms with Crippen LogP contribution in [0.25, 0.3) is 6.08 Å². The summed E-state index contributed by atoms with van der Waals surface area (Å²) in [5.41, 5.74) is 9.54. The lowest BCUT2D eigenvalue weighted by Crippen LogP contribution is -2.41. The Balaban J connectivity index is 1.95. The zero-order valence-corrected chi connectivity index (χ0v) is 17.3. The number of rotatable bonds is 4. The van der Waals surface area contributed by atoms with E-state index in [0.29, 0.717) is 23.7 Å². The van der Waals surface area contributed by atoms with E-state index in [2.05, 4.69) is 32.9 Å². The number of hydrogen-bond acceptors (Lipinski definition) is 4. The van der Waals surface area contributed by atoms with Crippen LogP contribution in [0.1, 0.15) is 31.9 Å². The molecule has 2 aromatic carbocycles. The Hall–Kier alpha value is -2.79. The second-order valence-electron chi connectivity index (χ2n) is 8.47. The Bertz CT molecular complexity index is 893. The molecule has 5 heteroatoms. The molecule has 0 unspecified atom stereocenters. The molecule has 1 heterocycles. The van der Waals surface area contributed by atoms with E-state index in [0.717, 1.165) is 17.8 Å². The molecule has 2 N–H and O–H groups in total. The molecule has 28 heavy (non-hydrogen) atoms. The number of carbonyl (C=O) groups excluding carboxylic acids is 1. The van der Waals surface area contributed by atoms with Gasteiger partial charge in [-0.3, -0.25) is 4.79 Å². The number of nitrogens with two attached hydrogens (primary N) is 1. The summed E-state index contributed by atoms with van der Waals surface area (Å²) in [6.45, 7) is 7.87. The van der Waals surface area contributed by atoms with Gasteiger partial charge in [0.25, 0.3) is 5.91 Å². The third kappa shape index (κ3) is 4.37. The second kappa shape index (κ2) is 7.68. The maximum atomic E-state index is 13.1. The van der Waals surface area contributed by atoms with Crippen molar-refractivity contribution in [2.45, 2.75) is 26.2 Å². The summed E-state index contributed by atoms with van der Waals surface area (Å²) in [7, 11) is 3.98. The molecule has 2 aromatic rings. The number of nitrogens with zero attached hydrogens (tertiary/aromatic N) is 2. The lowest BCUT2D eigenvalue weighted by Gasteiger charge is -2.31. The standard InChI is InChI=1S/C23H29N3O2/c1-23(2,3)17-8-6-16(7-9-17)14-21-22(27)26(13-12-25(4)5)19-11-10-18(24)15-20(19)28-21/h6-11,14-15H,12-13,24H2,1-5H3/b21-14+. The summed E-state index contributed by atoms with van der Waals surface area (Å²) >= 11 is 0.